The largest absolute Gasteiger partial charge is 0.303 e. The van der Waals surface area contributed by atoms with Crippen LogP contribution in [0.2, 0.25) is 0 Å². The third-order valence-corrected chi connectivity index (χ3v) is 4.27. The lowest BCUT2D eigenvalue weighted by molar-refractivity contribution is -0.393. The van der Waals surface area contributed by atoms with Crippen LogP contribution in [0.15, 0.2) is 17.0 Å². The standard InChI is InChI=1S/C8H8ClN3O7S/c1-19-10-8-6(11(13)14)2-5(20(17,18)4-9)3-7(8)12(15)16/h2-3,10H,4H2,1H3. The molecule has 12 heteroatoms. The third-order valence-electron chi connectivity index (χ3n) is 2.17. The molecule has 0 unspecified atom stereocenters. The molecular formula is C8H8ClN3O7S. The van der Waals surface area contributed by atoms with Crippen molar-refractivity contribution >= 4 is 38.5 Å². The molecule has 0 fully saturated rings. The number of hydrogen-bond acceptors (Lipinski definition) is 8. The summed E-state index contributed by atoms with van der Waals surface area (Å²) in [6.07, 6.45) is 0. The van der Waals surface area contributed by atoms with Crippen LogP contribution in [0.1, 0.15) is 0 Å². The lowest BCUT2D eigenvalue weighted by atomic mass is 10.2. The van der Waals surface area contributed by atoms with E-state index in [2.05, 4.69) is 4.84 Å². The van der Waals surface area contributed by atoms with E-state index in [9.17, 15) is 28.6 Å². The van der Waals surface area contributed by atoms with Crippen molar-refractivity contribution in [3.8, 4) is 0 Å². The molecule has 0 atom stereocenters. The number of benzene rings is 1. The zero-order chi connectivity index (χ0) is 15.5. The van der Waals surface area contributed by atoms with Crippen molar-refractivity contribution in [3.63, 3.8) is 0 Å². The van der Waals surface area contributed by atoms with Crippen LogP contribution >= 0.6 is 11.6 Å². The van der Waals surface area contributed by atoms with Gasteiger partial charge in [-0.15, -0.1) is 11.6 Å². The number of sulfone groups is 1. The summed E-state index contributed by atoms with van der Waals surface area (Å²) in [6, 6.07) is 1.35. The first kappa shape index (κ1) is 16.1. The molecule has 0 bridgehead atoms. The Morgan fingerprint density at radius 1 is 1.25 bits per heavy atom. The van der Waals surface area contributed by atoms with E-state index in [1.54, 1.807) is 0 Å². The Bertz CT molecular complexity index is 625. The quantitative estimate of drug-likeness (QED) is 0.470. The molecule has 20 heavy (non-hydrogen) atoms. The van der Waals surface area contributed by atoms with Crippen molar-refractivity contribution in [2.45, 2.75) is 4.90 Å². The average Bonchev–Trinajstić information content (AvgIpc) is 2.38. The Morgan fingerprint density at radius 2 is 1.70 bits per heavy atom. The first-order valence-corrected chi connectivity index (χ1v) is 6.97. The lowest BCUT2D eigenvalue weighted by Gasteiger charge is -2.07. The molecule has 10 nitrogen and oxygen atoms in total. The van der Waals surface area contributed by atoms with Gasteiger partial charge < -0.3 is 0 Å². The smallest absolute Gasteiger partial charge is 0.279 e. The molecule has 0 heterocycles. The summed E-state index contributed by atoms with van der Waals surface area (Å²) in [5.74, 6) is 0. The van der Waals surface area contributed by atoms with Gasteiger partial charge in [0.2, 0.25) is 5.69 Å². The second-order valence-electron chi connectivity index (χ2n) is 3.38. The minimum absolute atomic E-state index is 0.559. The molecule has 1 N–H and O–H groups in total. The Morgan fingerprint density at radius 3 is 2.00 bits per heavy atom. The average molecular weight is 326 g/mol. The van der Waals surface area contributed by atoms with Gasteiger partial charge in [-0.3, -0.25) is 30.5 Å². The van der Waals surface area contributed by atoms with Gasteiger partial charge in [-0.25, -0.2) is 8.42 Å². The molecule has 0 spiro atoms. The predicted molar refractivity (Wildman–Crippen MR) is 68.3 cm³/mol. The number of nitro groups is 2. The third kappa shape index (κ3) is 3.12. The topological polar surface area (TPSA) is 142 Å². The van der Waals surface area contributed by atoms with Crippen molar-refractivity contribution in [3.05, 3.63) is 32.4 Å². The highest BCUT2D eigenvalue weighted by molar-refractivity contribution is 7.92. The van der Waals surface area contributed by atoms with Gasteiger partial charge in [0, 0.05) is 12.1 Å². The van der Waals surface area contributed by atoms with Crippen LogP contribution < -0.4 is 5.48 Å². The molecule has 0 aliphatic heterocycles. The van der Waals surface area contributed by atoms with Crippen LogP contribution in [0.5, 0.6) is 0 Å². The Hall–Kier alpha value is -1.98. The highest BCUT2D eigenvalue weighted by Gasteiger charge is 2.30. The molecule has 0 aliphatic rings. The number of hydrogen-bond donors (Lipinski definition) is 1. The molecule has 0 aliphatic carbocycles. The zero-order valence-corrected chi connectivity index (χ0v) is 11.5. The van der Waals surface area contributed by atoms with Gasteiger partial charge in [0.05, 0.1) is 21.9 Å². The lowest BCUT2D eigenvalue weighted by Crippen LogP contribution is -2.08. The summed E-state index contributed by atoms with van der Waals surface area (Å²) in [5.41, 5.74) is -0.196. The summed E-state index contributed by atoms with van der Waals surface area (Å²) in [7, 11) is -2.96. The molecule has 1 aromatic carbocycles. The number of anilines is 1. The van der Waals surface area contributed by atoms with Crippen LogP contribution in [0.4, 0.5) is 17.1 Å². The Labute approximate surface area is 117 Å². The van der Waals surface area contributed by atoms with Gasteiger partial charge in [-0.05, 0) is 0 Å². The van der Waals surface area contributed by atoms with Gasteiger partial charge in [-0.1, -0.05) is 0 Å². The second kappa shape index (κ2) is 5.98. The monoisotopic (exact) mass is 325 g/mol. The first-order valence-electron chi connectivity index (χ1n) is 4.79. The molecular weight excluding hydrogens is 318 g/mol. The van der Waals surface area contributed by atoms with Crippen LogP contribution in [-0.4, -0.2) is 30.6 Å². The van der Waals surface area contributed by atoms with E-state index in [-0.39, 0.29) is 0 Å². The molecule has 1 rings (SSSR count). The summed E-state index contributed by atoms with van der Waals surface area (Å²) >= 11 is 5.22. The van der Waals surface area contributed by atoms with E-state index in [0.717, 1.165) is 7.11 Å². The highest BCUT2D eigenvalue weighted by Crippen LogP contribution is 2.37. The first-order chi connectivity index (χ1) is 9.24. The van der Waals surface area contributed by atoms with E-state index in [4.69, 9.17) is 11.6 Å². The van der Waals surface area contributed by atoms with Crippen molar-refractivity contribution in [2.75, 3.05) is 17.8 Å². The van der Waals surface area contributed by atoms with Gasteiger partial charge in [0.1, 0.15) is 5.21 Å². The summed E-state index contributed by atoms with van der Waals surface area (Å²) < 4.78 is 23.2. The van der Waals surface area contributed by atoms with E-state index >= 15 is 0 Å². The molecule has 0 saturated carbocycles. The van der Waals surface area contributed by atoms with E-state index in [1.165, 1.54) is 0 Å². The molecule has 110 valence electrons. The molecule has 0 radical (unpaired) electrons. The van der Waals surface area contributed by atoms with Gasteiger partial charge >= 0.3 is 11.4 Å². The van der Waals surface area contributed by atoms with Crippen LogP contribution in [0.25, 0.3) is 0 Å². The Kier molecular flexibility index (Phi) is 4.81. The number of halogens is 1. The second-order valence-corrected chi connectivity index (χ2v) is 5.95. The number of nitrogens with one attached hydrogen (secondary N) is 1. The van der Waals surface area contributed by atoms with Gasteiger partial charge in [-0.2, -0.15) is 0 Å². The van der Waals surface area contributed by atoms with E-state index in [1.807, 2.05) is 5.48 Å². The minimum atomic E-state index is -4.05. The normalized spacial score (nSPS) is 11.1. The number of rotatable bonds is 6. The maximum absolute atomic E-state index is 11.6. The maximum Gasteiger partial charge on any atom is 0.303 e. The fourth-order valence-electron chi connectivity index (χ4n) is 1.32. The van der Waals surface area contributed by atoms with Gasteiger partial charge in [0.15, 0.2) is 9.84 Å². The van der Waals surface area contributed by atoms with Crippen molar-refractivity contribution in [1.29, 1.82) is 0 Å². The summed E-state index contributed by atoms with van der Waals surface area (Å²) in [4.78, 5) is 23.7. The highest BCUT2D eigenvalue weighted by atomic mass is 35.5. The fourth-order valence-corrected chi connectivity index (χ4v) is 2.41. The van der Waals surface area contributed by atoms with Crippen LogP contribution in [0, 0.1) is 20.2 Å². The van der Waals surface area contributed by atoms with E-state index in [0.29, 0.717) is 12.1 Å². The van der Waals surface area contributed by atoms with Crippen LogP contribution in [-0.2, 0) is 14.7 Å². The van der Waals surface area contributed by atoms with Crippen molar-refractivity contribution in [1.82, 2.24) is 0 Å². The van der Waals surface area contributed by atoms with Crippen molar-refractivity contribution in [2.24, 2.45) is 0 Å². The van der Waals surface area contributed by atoms with Crippen molar-refractivity contribution < 1.29 is 23.1 Å². The zero-order valence-electron chi connectivity index (χ0n) is 9.90. The molecule has 1 aromatic rings. The number of nitro benzene ring substituents is 2. The molecule has 0 aromatic heterocycles. The van der Waals surface area contributed by atoms with Crippen LogP contribution in [0.3, 0.4) is 0 Å². The SMILES string of the molecule is CONc1c([N+](=O)[O-])cc(S(=O)(=O)CCl)cc1[N+](=O)[O-]. The summed E-state index contributed by atoms with van der Waals surface area (Å²) in [5, 5.41) is 20.9. The predicted octanol–water partition coefficient (Wildman–Crippen LogP) is 1.45. The fraction of sp³-hybridized carbons (Fsp3) is 0.250. The number of nitrogens with zero attached hydrogens (tertiary/aromatic N) is 2. The number of alkyl halides is 1. The summed E-state index contributed by atoms with van der Waals surface area (Å²) in [6.45, 7) is 0. The van der Waals surface area contributed by atoms with Gasteiger partial charge in [0.25, 0.3) is 0 Å². The molecule has 0 amide bonds. The maximum atomic E-state index is 11.6. The van der Waals surface area contributed by atoms with E-state index < -0.39 is 46.9 Å². The molecule has 0 saturated heterocycles. The minimum Gasteiger partial charge on any atom is -0.279 e. The Balaban J connectivity index is 3.72.